The van der Waals surface area contributed by atoms with Crippen LogP contribution in [0.25, 0.3) is 0 Å². The summed E-state index contributed by atoms with van der Waals surface area (Å²) in [6, 6.07) is 15.8. The van der Waals surface area contributed by atoms with Gasteiger partial charge in [0.1, 0.15) is 12.7 Å². The van der Waals surface area contributed by atoms with Crippen LogP contribution in [-0.2, 0) is 26.1 Å². The smallest absolute Gasteiger partial charge is 0.249 e. The highest BCUT2D eigenvalue weighted by Gasteiger charge is 2.37. The Balaban J connectivity index is 1.81. The first-order chi connectivity index (χ1) is 12.9. The minimum atomic E-state index is -3.36. The summed E-state index contributed by atoms with van der Waals surface area (Å²) in [5.41, 5.74) is 2.17. The van der Waals surface area contributed by atoms with E-state index in [1.807, 2.05) is 30.3 Å². The molecule has 0 bridgehead atoms. The van der Waals surface area contributed by atoms with E-state index in [1.165, 1.54) is 0 Å². The zero-order chi connectivity index (χ0) is 19.4. The number of benzene rings is 2. The molecule has 1 heterocycles. The number of anilines is 1. The molecule has 0 spiro atoms. The van der Waals surface area contributed by atoms with Crippen LogP contribution in [0.15, 0.2) is 54.6 Å². The molecule has 2 aromatic carbocycles. The van der Waals surface area contributed by atoms with E-state index in [0.29, 0.717) is 12.2 Å². The Bertz CT molecular complexity index is 884. The first kappa shape index (κ1) is 19.3. The Hall–Kier alpha value is -2.42. The molecule has 1 amide bonds. The van der Waals surface area contributed by atoms with Gasteiger partial charge in [0.25, 0.3) is 0 Å². The van der Waals surface area contributed by atoms with Crippen LogP contribution < -0.4 is 4.72 Å². The molecule has 1 aliphatic heterocycles. The van der Waals surface area contributed by atoms with Crippen molar-refractivity contribution in [2.75, 3.05) is 24.2 Å². The Morgan fingerprint density at radius 2 is 1.81 bits per heavy atom. The lowest BCUT2D eigenvalue weighted by atomic mass is 9.98. The number of nitrogens with zero attached hydrogens (tertiary/aromatic N) is 1. The SMILES string of the molecule is CS(=O)(=O)Nc1ccc(C2OCC(=O)N(Cc3ccccc3)C2CO)cc1. The molecule has 0 aliphatic carbocycles. The number of carbonyl (C=O) groups excluding carboxylic acids is 1. The second kappa shape index (κ2) is 8.08. The Labute approximate surface area is 158 Å². The van der Waals surface area contributed by atoms with Gasteiger partial charge in [-0.15, -0.1) is 0 Å². The van der Waals surface area contributed by atoms with E-state index in [4.69, 9.17) is 4.74 Å². The van der Waals surface area contributed by atoms with Crippen LogP contribution in [0.3, 0.4) is 0 Å². The van der Waals surface area contributed by atoms with Gasteiger partial charge in [-0.05, 0) is 23.3 Å². The molecular weight excluding hydrogens is 368 g/mol. The van der Waals surface area contributed by atoms with Gasteiger partial charge >= 0.3 is 0 Å². The summed E-state index contributed by atoms with van der Waals surface area (Å²) < 4.78 is 30.8. The van der Waals surface area contributed by atoms with E-state index in [9.17, 15) is 18.3 Å². The molecule has 3 rings (SSSR count). The molecule has 2 N–H and O–H groups in total. The molecule has 2 unspecified atom stereocenters. The van der Waals surface area contributed by atoms with Gasteiger partial charge in [-0.25, -0.2) is 8.42 Å². The highest BCUT2D eigenvalue weighted by molar-refractivity contribution is 7.92. The number of morpholine rings is 1. The van der Waals surface area contributed by atoms with Crippen LogP contribution in [0, 0.1) is 0 Å². The van der Waals surface area contributed by atoms with Crippen molar-refractivity contribution >= 4 is 21.6 Å². The lowest BCUT2D eigenvalue weighted by molar-refractivity contribution is -0.162. The number of aliphatic hydroxyl groups is 1. The molecule has 1 aliphatic rings. The molecule has 2 atom stereocenters. The summed E-state index contributed by atoms with van der Waals surface area (Å²) >= 11 is 0. The Morgan fingerprint density at radius 3 is 2.41 bits per heavy atom. The number of nitrogens with one attached hydrogen (secondary N) is 1. The third-order valence-electron chi connectivity index (χ3n) is 4.38. The fraction of sp³-hybridized carbons (Fsp3) is 0.316. The summed E-state index contributed by atoms with van der Waals surface area (Å²) in [6.45, 7) is 0.0718. The summed E-state index contributed by atoms with van der Waals surface area (Å²) in [6.07, 6.45) is 0.587. The summed E-state index contributed by atoms with van der Waals surface area (Å²) in [7, 11) is -3.36. The Morgan fingerprint density at radius 1 is 1.15 bits per heavy atom. The van der Waals surface area contributed by atoms with E-state index in [2.05, 4.69) is 4.72 Å². The van der Waals surface area contributed by atoms with Gasteiger partial charge < -0.3 is 14.7 Å². The van der Waals surface area contributed by atoms with Crippen molar-refractivity contribution in [3.05, 3.63) is 65.7 Å². The fourth-order valence-electron chi connectivity index (χ4n) is 3.16. The predicted octanol–water partition coefficient (Wildman–Crippen LogP) is 1.52. The van der Waals surface area contributed by atoms with Crippen LogP contribution >= 0.6 is 0 Å². The molecule has 1 saturated heterocycles. The second-order valence-electron chi connectivity index (χ2n) is 6.49. The van der Waals surface area contributed by atoms with Crippen molar-refractivity contribution in [2.45, 2.75) is 18.7 Å². The highest BCUT2D eigenvalue weighted by atomic mass is 32.2. The maximum Gasteiger partial charge on any atom is 0.249 e. The van der Waals surface area contributed by atoms with Gasteiger partial charge in [-0.1, -0.05) is 42.5 Å². The highest BCUT2D eigenvalue weighted by Crippen LogP contribution is 2.31. The zero-order valence-corrected chi connectivity index (χ0v) is 15.7. The summed E-state index contributed by atoms with van der Waals surface area (Å²) in [5, 5.41) is 9.93. The quantitative estimate of drug-likeness (QED) is 0.780. The molecule has 144 valence electrons. The number of carbonyl (C=O) groups is 1. The van der Waals surface area contributed by atoms with Crippen LogP contribution in [0.2, 0.25) is 0 Å². The number of aliphatic hydroxyl groups excluding tert-OH is 1. The zero-order valence-electron chi connectivity index (χ0n) is 14.9. The molecule has 27 heavy (non-hydrogen) atoms. The number of ether oxygens (including phenoxy) is 1. The molecule has 0 aromatic heterocycles. The van der Waals surface area contributed by atoms with Crippen LogP contribution in [0.4, 0.5) is 5.69 Å². The van der Waals surface area contributed by atoms with Crippen molar-refractivity contribution in [3.63, 3.8) is 0 Å². The van der Waals surface area contributed by atoms with Gasteiger partial charge in [0, 0.05) is 12.2 Å². The first-order valence-electron chi connectivity index (χ1n) is 8.51. The van der Waals surface area contributed by atoms with E-state index in [-0.39, 0.29) is 19.1 Å². The molecule has 2 aromatic rings. The maximum absolute atomic E-state index is 12.4. The van der Waals surface area contributed by atoms with Gasteiger partial charge in [-0.2, -0.15) is 0 Å². The van der Waals surface area contributed by atoms with Gasteiger partial charge in [0.05, 0.1) is 18.9 Å². The Kier molecular flexibility index (Phi) is 5.79. The largest absolute Gasteiger partial charge is 0.394 e. The van der Waals surface area contributed by atoms with E-state index < -0.39 is 22.2 Å². The first-order valence-corrected chi connectivity index (χ1v) is 10.4. The molecule has 1 fully saturated rings. The van der Waals surface area contributed by atoms with Gasteiger partial charge in [0.2, 0.25) is 15.9 Å². The van der Waals surface area contributed by atoms with Crippen molar-refractivity contribution in [2.24, 2.45) is 0 Å². The number of hydrogen-bond donors (Lipinski definition) is 2. The third kappa shape index (κ3) is 4.85. The number of amides is 1. The minimum Gasteiger partial charge on any atom is -0.394 e. The van der Waals surface area contributed by atoms with E-state index in [1.54, 1.807) is 29.2 Å². The molecule has 8 heteroatoms. The average molecular weight is 390 g/mol. The average Bonchev–Trinajstić information content (AvgIpc) is 2.63. The van der Waals surface area contributed by atoms with Crippen molar-refractivity contribution in [1.29, 1.82) is 0 Å². The number of rotatable bonds is 6. The molecule has 0 saturated carbocycles. The topological polar surface area (TPSA) is 95.9 Å². The standard InChI is InChI=1S/C19H22N2O5S/c1-27(24,25)20-16-9-7-15(8-10-16)19-17(12-22)21(18(23)13-26-19)11-14-5-3-2-4-6-14/h2-10,17,19-20,22H,11-13H2,1H3. The molecule has 7 nitrogen and oxygen atoms in total. The maximum atomic E-state index is 12.4. The van der Waals surface area contributed by atoms with Gasteiger partial charge in [0.15, 0.2) is 0 Å². The lowest BCUT2D eigenvalue weighted by Crippen LogP contribution is -2.52. The number of sulfonamides is 1. The lowest BCUT2D eigenvalue weighted by Gasteiger charge is -2.40. The third-order valence-corrected chi connectivity index (χ3v) is 4.99. The van der Waals surface area contributed by atoms with Crippen LogP contribution in [-0.4, -0.2) is 49.8 Å². The van der Waals surface area contributed by atoms with Crippen molar-refractivity contribution < 1.29 is 23.1 Å². The van der Waals surface area contributed by atoms with Crippen molar-refractivity contribution in [3.8, 4) is 0 Å². The summed E-state index contributed by atoms with van der Waals surface area (Å²) in [4.78, 5) is 14.0. The molecular formula is C19H22N2O5S. The molecule has 0 radical (unpaired) electrons. The second-order valence-corrected chi connectivity index (χ2v) is 8.23. The minimum absolute atomic E-state index is 0.0721. The van der Waals surface area contributed by atoms with E-state index >= 15 is 0 Å². The summed E-state index contributed by atoms with van der Waals surface area (Å²) in [5.74, 6) is -0.176. The normalized spacial score (nSPS) is 20.5. The van der Waals surface area contributed by atoms with Gasteiger partial charge in [-0.3, -0.25) is 9.52 Å². The van der Waals surface area contributed by atoms with E-state index in [0.717, 1.165) is 17.4 Å². The number of hydrogen-bond acceptors (Lipinski definition) is 5. The van der Waals surface area contributed by atoms with Crippen molar-refractivity contribution in [1.82, 2.24) is 4.90 Å². The van der Waals surface area contributed by atoms with Crippen LogP contribution in [0.5, 0.6) is 0 Å². The fourth-order valence-corrected chi connectivity index (χ4v) is 3.72. The monoisotopic (exact) mass is 390 g/mol. The predicted molar refractivity (Wildman–Crippen MR) is 101 cm³/mol. The van der Waals surface area contributed by atoms with Crippen LogP contribution in [0.1, 0.15) is 17.2 Å².